The van der Waals surface area contributed by atoms with Crippen molar-refractivity contribution in [1.29, 1.82) is 0 Å². The molecule has 2 rings (SSSR count). The van der Waals surface area contributed by atoms with Gasteiger partial charge in [-0.3, -0.25) is 0 Å². The van der Waals surface area contributed by atoms with E-state index in [1.165, 1.54) is 6.42 Å². The Morgan fingerprint density at radius 3 is 2.56 bits per heavy atom. The zero-order valence-electron chi connectivity index (χ0n) is 11.2. The molecule has 0 bridgehead atoms. The first-order valence-corrected chi connectivity index (χ1v) is 6.73. The van der Waals surface area contributed by atoms with Gasteiger partial charge in [0.1, 0.15) is 5.75 Å². The highest BCUT2D eigenvalue weighted by Gasteiger charge is 2.32. The Labute approximate surface area is 109 Å². The molecule has 1 aliphatic carbocycles. The predicted octanol–water partition coefficient (Wildman–Crippen LogP) is 2.55. The van der Waals surface area contributed by atoms with E-state index in [-0.39, 0.29) is 18.1 Å². The summed E-state index contributed by atoms with van der Waals surface area (Å²) in [5.74, 6) is 0.556. The van der Waals surface area contributed by atoms with Gasteiger partial charge in [0.05, 0.1) is 6.10 Å². The maximum atomic E-state index is 10.2. The van der Waals surface area contributed by atoms with Crippen molar-refractivity contribution in [3.05, 3.63) is 29.8 Å². The average Bonchev–Trinajstić information content (AvgIpc) is 2.32. The first-order chi connectivity index (χ1) is 8.59. The van der Waals surface area contributed by atoms with Crippen molar-refractivity contribution in [1.82, 2.24) is 4.90 Å². The Balaban J connectivity index is 2.27. The molecule has 3 heteroatoms. The second-order valence-corrected chi connectivity index (χ2v) is 5.52. The molecule has 2 N–H and O–H groups in total. The summed E-state index contributed by atoms with van der Waals surface area (Å²) in [6.07, 6.45) is 4.03. The average molecular weight is 249 g/mol. The Kier molecular flexibility index (Phi) is 4.25. The lowest BCUT2D eigenvalue weighted by Gasteiger charge is -2.38. The van der Waals surface area contributed by atoms with E-state index in [0.717, 1.165) is 24.8 Å². The van der Waals surface area contributed by atoms with Crippen LogP contribution in [0, 0.1) is 5.92 Å². The van der Waals surface area contributed by atoms with E-state index in [9.17, 15) is 10.2 Å². The third-order valence-corrected chi connectivity index (χ3v) is 3.96. The van der Waals surface area contributed by atoms with Crippen LogP contribution in [-0.4, -0.2) is 35.3 Å². The van der Waals surface area contributed by atoms with Crippen LogP contribution in [0.5, 0.6) is 5.75 Å². The lowest BCUT2D eigenvalue weighted by molar-refractivity contribution is 0.0220. The second-order valence-electron chi connectivity index (χ2n) is 5.52. The predicted molar refractivity (Wildman–Crippen MR) is 72.5 cm³/mol. The molecule has 1 saturated carbocycles. The van der Waals surface area contributed by atoms with E-state index in [1.807, 2.05) is 32.3 Å². The SMILES string of the molecule is CN(C)C(c1cccc(O)c1)[C@H]1CCCC[C@H]1O. The number of aliphatic hydroxyl groups is 1. The van der Waals surface area contributed by atoms with Crippen LogP contribution in [0.3, 0.4) is 0 Å². The van der Waals surface area contributed by atoms with Crippen molar-refractivity contribution in [2.45, 2.75) is 37.8 Å². The highest BCUT2D eigenvalue weighted by Crippen LogP contribution is 2.38. The molecule has 18 heavy (non-hydrogen) atoms. The van der Waals surface area contributed by atoms with Gasteiger partial charge in [0.15, 0.2) is 0 Å². The number of aromatic hydroxyl groups is 1. The van der Waals surface area contributed by atoms with Gasteiger partial charge in [-0.1, -0.05) is 25.0 Å². The Bertz CT molecular complexity index is 392. The Morgan fingerprint density at radius 1 is 1.22 bits per heavy atom. The minimum atomic E-state index is -0.228. The normalized spacial score (nSPS) is 26.2. The molecule has 3 nitrogen and oxygen atoms in total. The summed E-state index contributed by atoms with van der Waals surface area (Å²) in [7, 11) is 4.08. The number of nitrogens with zero attached hydrogens (tertiary/aromatic N) is 1. The van der Waals surface area contributed by atoms with Crippen LogP contribution in [-0.2, 0) is 0 Å². The lowest BCUT2D eigenvalue weighted by Crippen LogP contribution is -2.36. The topological polar surface area (TPSA) is 43.7 Å². The summed E-state index contributed by atoms with van der Waals surface area (Å²) in [5, 5.41) is 19.9. The fraction of sp³-hybridized carbons (Fsp3) is 0.600. The fourth-order valence-electron chi connectivity index (χ4n) is 3.15. The Hall–Kier alpha value is -1.06. The van der Waals surface area contributed by atoms with Crippen LogP contribution in [0.25, 0.3) is 0 Å². The maximum Gasteiger partial charge on any atom is 0.115 e. The molecule has 0 heterocycles. The van der Waals surface area contributed by atoms with E-state index in [4.69, 9.17) is 0 Å². The molecule has 0 saturated heterocycles. The smallest absolute Gasteiger partial charge is 0.115 e. The highest BCUT2D eigenvalue weighted by atomic mass is 16.3. The molecule has 0 amide bonds. The van der Waals surface area contributed by atoms with Gasteiger partial charge >= 0.3 is 0 Å². The van der Waals surface area contributed by atoms with Crippen LogP contribution in [0.2, 0.25) is 0 Å². The fourth-order valence-corrected chi connectivity index (χ4v) is 3.15. The van der Waals surface area contributed by atoms with Crippen molar-refractivity contribution in [3.8, 4) is 5.75 Å². The molecule has 0 aromatic heterocycles. The van der Waals surface area contributed by atoms with Crippen LogP contribution >= 0.6 is 0 Å². The van der Waals surface area contributed by atoms with Crippen molar-refractivity contribution in [3.63, 3.8) is 0 Å². The number of hydrogen-bond acceptors (Lipinski definition) is 3. The van der Waals surface area contributed by atoms with Crippen molar-refractivity contribution in [2.75, 3.05) is 14.1 Å². The quantitative estimate of drug-likeness (QED) is 0.865. The number of aliphatic hydroxyl groups excluding tert-OH is 1. The molecule has 1 aromatic rings. The van der Waals surface area contributed by atoms with Gasteiger partial charge in [-0.05, 0) is 44.6 Å². The van der Waals surface area contributed by atoms with Gasteiger partial charge in [0, 0.05) is 12.0 Å². The molecular weight excluding hydrogens is 226 g/mol. The summed E-state index contributed by atoms with van der Waals surface area (Å²) in [6.45, 7) is 0. The molecule has 3 atom stereocenters. The maximum absolute atomic E-state index is 10.2. The van der Waals surface area contributed by atoms with Gasteiger partial charge < -0.3 is 15.1 Å². The number of hydrogen-bond donors (Lipinski definition) is 2. The van der Waals surface area contributed by atoms with Crippen LogP contribution in [0.1, 0.15) is 37.3 Å². The van der Waals surface area contributed by atoms with Crippen molar-refractivity contribution in [2.24, 2.45) is 5.92 Å². The third kappa shape index (κ3) is 2.85. The first kappa shape index (κ1) is 13.4. The van der Waals surface area contributed by atoms with Gasteiger partial charge in [0.25, 0.3) is 0 Å². The largest absolute Gasteiger partial charge is 0.508 e. The molecular formula is C15H23NO2. The Morgan fingerprint density at radius 2 is 1.94 bits per heavy atom. The van der Waals surface area contributed by atoms with Crippen LogP contribution < -0.4 is 0 Å². The minimum absolute atomic E-state index is 0.174. The first-order valence-electron chi connectivity index (χ1n) is 6.73. The van der Waals surface area contributed by atoms with E-state index < -0.39 is 0 Å². The van der Waals surface area contributed by atoms with Crippen LogP contribution in [0.15, 0.2) is 24.3 Å². The van der Waals surface area contributed by atoms with E-state index in [2.05, 4.69) is 4.90 Å². The molecule has 1 aromatic carbocycles. The second kappa shape index (κ2) is 5.72. The van der Waals surface area contributed by atoms with Gasteiger partial charge in [-0.25, -0.2) is 0 Å². The molecule has 0 spiro atoms. The van der Waals surface area contributed by atoms with Crippen molar-refractivity contribution >= 4 is 0 Å². The summed E-state index contributed by atoms with van der Waals surface area (Å²) >= 11 is 0. The third-order valence-electron chi connectivity index (χ3n) is 3.96. The zero-order chi connectivity index (χ0) is 13.1. The number of rotatable bonds is 3. The molecule has 100 valence electrons. The summed E-state index contributed by atoms with van der Waals surface area (Å²) < 4.78 is 0. The highest BCUT2D eigenvalue weighted by molar-refractivity contribution is 5.30. The summed E-state index contributed by atoms with van der Waals surface area (Å²) in [4.78, 5) is 2.15. The summed E-state index contributed by atoms with van der Waals surface area (Å²) in [5.41, 5.74) is 1.09. The van der Waals surface area contributed by atoms with E-state index in [1.54, 1.807) is 6.07 Å². The van der Waals surface area contributed by atoms with E-state index >= 15 is 0 Å². The number of benzene rings is 1. The summed E-state index contributed by atoms with van der Waals surface area (Å²) in [6, 6.07) is 7.58. The van der Waals surface area contributed by atoms with Gasteiger partial charge in [-0.2, -0.15) is 0 Å². The minimum Gasteiger partial charge on any atom is -0.508 e. The molecule has 1 fully saturated rings. The monoisotopic (exact) mass is 249 g/mol. The zero-order valence-corrected chi connectivity index (χ0v) is 11.2. The number of phenols is 1. The molecule has 1 unspecified atom stereocenters. The number of phenolic OH excluding ortho intramolecular Hbond substituents is 1. The standard InChI is InChI=1S/C15H23NO2/c1-16(2)15(11-6-5-7-12(17)10-11)13-8-3-4-9-14(13)18/h5-7,10,13-15,17-18H,3-4,8-9H2,1-2H3/t13-,14+,15?/m0/s1. The van der Waals surface area contributed by atoms with Crippen LogP contribution in [0.4, 0.5) is 0 Å². The van der Waals surface area contributed by atoms with Gasteiger partial charge in [-0.15, -0.1) is 0 Å². The molecule has 1 aliphatic rings. The molecule has 0 radical (unpaired) electrons. The van der Waals surface area contributed by atoms with E-state index in [0.29, 0.717) is 5.75 Å². The lowest BCUT2D eigenvalue weighted by atomic mass is 9.78. The molecule has 0 aliphatic heterocycles. The van der Waals surface area contributed by atoms with Crippen molar-refractivity contribution < 1.29 is 10.2 Å². The van der Waals surface area contributed by atoms with Gasteiger partial charge in [0.2, 0.25) is 0 Å².